The molecule has 4 nitrogen and oxygen atoms in total. The Morgan fingerprint density at radius 1 is 1.47 bits per heavy atom. The van der Waals surface area contributed by atoms with Crippen molar-refractivity contribution in [3.63, 3.8) is 0 Å². The van der Waals surface area contributed by atoms with Crippen molar-refractivity contribution in [2.24, 2.45) is 0 Å². The van der Waals surface area contributed by atoms with Crippen LogP contribution in [-0.2, 0) is 16.1 Å². The highest BCUT2D eigenvalue weighted by atomic mass is 35.5. The molecule has 0 aliphatic heterocycles. The monoisotopic (exact) mass is 285 g/mol. The molecule has 0 amide bonds. The molecule has 0 heterocycles. The second kappa shape index (κ2) is 8.15. The number of rotatable bonds is 8. The lowest BCUT2D eigenvalue weighted by atomic mass is 10.2. The summed E-state index contributed by atoms with van der Waals surface area (Å²) in [5.41, 5.74) is 1.04. The maximum absolute atomic E-state index is 10.9. The molecule has 0 aliphatic carbocycles. The minimum absolute atomic E-state index is 0.408. The van der Waals surface area contributed by atoms with Gasteiger partial charge in [-0.2, -0.15) is 0 Å². The number of halogens is 1. The Balaban J connectivity index is 2.45. The van der Waals surface area contributed by atoms with E-state index in [1.807, 2.05) is 36.2 Å². The van der Waals surface area contributed by atoms with Crippen LogP contribution in [0.5, 0.6) is 0 Å². The van der Waals surface area contributed by atoms with E-state index in [4.69, 9.17) is 21.4 Å². The van der Waals surface area contributed by atoms with Crippen LogP contribution < -0.4 is 0 Å². The maximum atomic E-state index is 10.9. The van der Waals surface area contributed by atoms with Crippen molar-refractivity contribution < 1.29 is 14.6 Å². The number of carboxylic acid groups (broad SMARTS) is 1. The van der Waals surface area contributed by atoms with Gasteiger partial charge in [0.15, 0.2) is 6.10 Å². The first-order valence-corrected chi connectivity index (χ1v) is 6.68. The molecule has 0 saturated carbocycles. The second-order valence-electron chi connectivity index (χ2n) is 4.40. The van der Waals surface area contributed by atoms with Crippen molar-refractivity contribution in [3.05, 3.63) is 34.9 Å². The zero-order chi connectivity index (χ0) is 14.3. The molecule has 0 aromatic heterocycles. The van der Waals surface area contributed by atoms with Crippen LogP contribution in [0.4, 0.5) is 0 Å². The van der Waals surface area contributed by atoms with Crippen molar-refractivity contribution in [1.29, 1.82) is 0 Å². The topological polar surface area (TPSA) is 49.8 Å². The number of aliphatic carboxylic acids is 1. The van der Waals surface area contributed by atoms with E-state index < -0.39 is 12.1 Å². The highest BCUT2D eigenvalue weighted by Gasteiger charge is 2.17. The van der Waals surface area contributed by atoms with E-state index in [2.05, 4.69) is 0 Å². The molecule has 1 aromatic carbocycles. The van der Waals surface area contributed by atoms with E-state index in [0.29, 0.717) is 26.1 Å². The fourth-order valence-corrected chi connectivity index (χ4v) is 2.01. The van der Waals surface area contributed by atoms with Crippen molar-refractivity contribution in [3.8, 4) is 0 Å². The Kier molecular flexibility index (Phi) is 6.84. The first-order valence-electron chi connectivity index (χ1n) is 6.31. The minimum atomic E-state index is -0.909. The highest BCUT2D eigenvalue weighted by molar-refractivity contribution is 6.31. The Hall–Kier alpha value is -1.10. The molecule has 0 spiro atoms. The standard InChI is InChI=1S/C14H20ClNO3/c1-3-19-13(14(17)18)8-9-16(2)10-11-6-4-5-7-12(11)15/h4-7,13H,3,8-10H2,1-2H3,(H,17,18). The van der Waals surface area contributed by atoms with Crippen LogP contribution in [-0.4, -0.2) is 42.3 Å². The number of nitrogens with zero attached hydrogens (tertiary/aromatic N) is 1. The molecular formula is C14H20ClNO3. The van der Waals surface area contributed by atoms with Crippen LogP contribution in [0.1, 0.15) is 18.9 Å². The SMILES string of the molecule is CCOC(CCN(C)Cc1ccccc1Cl)C(=O)O. The summed E-state index contributed by atoms with van der Waals surface area (Å²) in [6, 6.07) is 7.65. The van der Waals surface area contributed by atoms with Crippen LogP contribution in [0.25, 0.3) is 0 Å². The number of carboxylic acids is 1. The van der Waals surface area contributed by atoms with E-state index in [1.165, 1.54) is 0 Å². The third-order valence-corrected chi connectivity index (χ3v) is 3.18. The van der Waals surface area contributed by atoms with Crippen LogP contribution in [0, 0.1) is 0 Å². The molecular weight excluding hydrogens is 266 g/mol. The molecule has 0 radical (unpaired) electrons. The number of carbonyl (C=O) groups is 1. The quantitative estimate of drug-likeness (QED) is 0.798. The predicted molar refractivity (Wildman–Crippen MR) is 75.5 cm³/mol. The average Bonchev–Trinajstić information content (AvgIpc) is 2.37. The number of benzene rings is 1. The van der Waals surface area contributed by atoms with Crippen LogP contribution in [0.15, 0.2) is 24.3 Å². The highest BCUT2D eigenvalue weighted by Crippen LogP contribution is 2.16. The van der Waals surface area contributed by atoms with E-state index in [9.17, 15) is 4.79 Å². The zero-order valence-corrected chi connectivity index (χ0v) is 12.1. The van der Waals surface area contributed by atoms with Gasteiger partial charge in [0, 0.05) is 24.7 Å². The van der Waals surface area contributed by atoms with Gasteiger partial charge in [-0.1, -0.05) is 29.8 Å². The summed E-state index contributed by atoms with van der Waals surface area (Å²) in [5.74, 6) is -0.909. The summed E-state index contributed by atoms with van der Waals surface area (Å²) >= 11 is 6.09. The summed E-state index contributed by atoms with van der Waals surface area (Å²) in [4.78, 5) is 13.0. The summed E-state index contributed by atoms with van der Waals surface area (Å²) in [7, 11) is 1.94. The molecule has 0 fully saturated rings. The Morgan fingerprint density at radius 2 is 2.16 bits per heavy atom. The molecule has 0 aliphatic rings. The van der Waals surface area contributed by atoms with E-state index in [-0.39, 0.29) is 0 Å². The van der Waals surface area contributed by atoms with E-state index in [1.54, 1.807) is 6.92 Å². The van der Waals surface area contributed by atoms with Gasteiger partial charge in [0.1, 0.15) is 0 Å². The van der Waals surface area contributed by atoms with Crippen LogP contribution >= 0.6 is 11.6 Å². The lowest BCUT2D eigenvalue weighted by Crippen LogP contribution is -2.30. The normalized spacial score (nSPS) is 12.6. The molecule has 1 N–H and O–H groups in total. The van der Waals surface area contributed by atoms with Gasteiger partial charge in [0.2, 0.25) is 0 Å². The smallest absolute Gasteiger partial charge is 0.332 e. The van der Waals surface area contributed by atoms with Gasteiger partial charge in [0.25, 0.3) is 0 Å². The van der Waals surface area contributed by atoms with Gasteiger partial charge in [0.05, 0.1) is 0 Å². The van der Waals surface area contributed by atoms with Crippen molar-refractivity contribution >= 4 is 17.6 Å². The lowest BCUT2D eigenvalue weighted by molar-refractivity contribution is -0.150. The summed E-state index contributed by atoms with van der Waals surface area (Å²) in [6.07, 6.45) is -0.275. The first-order chi connectivity index (χ1) is 9.04. The van der Waals surface area contributed by atoms with Crippen molar-refractivity contribution in [1.82, 2.24) is 4.90 Å². The lowest BCUT2D eigenvalue weighted by Gasteiger charge is -2.20. The van der Waals surface area contributed by atoms with Gasteiger partial charge >= 0.3 is 5.97 Å². The molecule has 0 saturated heterocycles. The molecule has 106 valence electrons. The Labute approximate surface area is 118 Å². The molecule has 1 rings (SSSR count). The summed E-state index contributed by atoms with van der Waals surface area (Å²) in [6.45, 7) is 3.54. The molecule has 1 aromatic rings. The van der Waals surface area contributed by atoms with Gasteiger partial charge in [-0.15, -0.1) is 0 Å². The molecule has 1 unspecified atom stereocenters. The fraction of sp³-hybridized carbons (Fsp3) is 0.500. The molecule has 5 heteroatoms. The van der Waals surface area contributed by atoms with Gasteiger partial charge in [-0.25, -0.2) is 4.79 Å². The summed E-state index contributed by atoms with van der Waals surface area (Å²) in [5, 5.41) is 9.72. The minimum Gasteiger partial charge on any atom is -0.479 e. The predicted octanol–water partition coefficient (Wildman–Crippen LogP) is 2.65. The van der Waals surface area contributed by atoms with Crippen molar-refractivity contribution in [2.75, 3.05) is 20.2 Å². The van der Waals surface area contributed by atoms with Crippen LogP contribution in [0.2, 0.25) is 5.02 Å². The molecule has 1 atom stereocenters. The van der Waals surface area contributed by atoms with E-state index in [0.717, 1.165) is 10.6 Å². The second-order valence-corrected chi connectivity index (χ2v) is 4.81. The van der Waals surface area contributed by atoms with Crippen LogP contribution in [0.3, 0.4) is 0 Å². The molecule has 0 bridgehead atoms. The zero-order valence-electron chi connectivity index (χ0n) is 11.3. The third kappa shape index (κ3) is 5.59. The van der Waals surface area contributed by atoms with Crippen molar-refractivity contribution in [2.45, 2.75) is 26.0 Å². The first kappa shape index (κ1) is 16.0. The fourth-order valence-electron chi connectivity index (χ4n) is 1.81. The maximum Gasteiger partial charge on any atom is 0.332 e. The van der Waals surface area contributed by atoms with Gasteiger partial charge in [-0.3, -0.25) is 0 Å². The Bertz CT molecular complexity index is 411. The number of ether oxygens (including phenoxy) is 1. The average molecular weight is 286 g/mol. The third-order valence-electron chi connectivity index (χ3n) is 2.81. The van der Waals surface area contributed by atoms with Gasteiger partial charge < -0.3 is 14.7 Å². The summed E-state index contributed by atoms with van der Waals surface area (Å²) < 4.78 is 5.18. The largest absolute Gasteiger partial charge is 0.479 e. The number of hydrogen-bond acceptors (Lipinski definition) is 3. The van der Waals surface area contributed by atoms with Gasteiger partial charge in [-0.05, 0) is 32.0 Å². The Morgan fingerprint density at radius 3 is 2.74 bits per heavy atom. The number of hydrogen-bond donors (Lipinski definition) is 1. The van der Waals surface area contributed by atoms with E-state index >= 15 is 0 Å². The molecule has 19 heavy (non-hydrogen) atoms.